The number of carbonyl (C=O) groups is 2. The summed E-state index contributed by atoms with van der Waals surface area (Å²) in [7, 11) is 3.51. The van der Waals surface area contributed by atoms with Crippen molar-refractivity contribution < 1.29 is 19.4 Å². The van der Waals surface area contributed by atoms with Gasteiger partial charge in [-0.25, -0.2) is 0 Å². The Labute approximate surface area is 276 Å². The summed E-state index contributed by atoms with van der Waals surface area (Å²) >= 11 is 6.69. The first-order chi connectivity index (χ1) is 22.7. The van der Waals surface area contributed by atoms with Gasteiger partial charge in [-0.3, -0.25) is 19.2 Å². The van der Waals surface area contributed by atoms with Crippen LogP contribution in [0.1, 0.15) is 21.6 Å². The molecule has 242 valence electrons. The third kappa shape index (κ3) is 7.51. The monoisotopic (exact) mass is 654 g/mol. The summed E-state index contributed by atoms with van der Waals surface area (Å²) in [5, 5.41) is 29.0. The summed E-state index contributed by atoms with van der Waals surface area (Å²) in [4.78, 5) is 29.3. The van der Waals surface area contributed by atoms with Gasteiger partial charge in [-0.1, -0.05) is 23.7 Å². The molecule has 5 aromatic rings. The standard InChI is InChI=1S/C34H35ClN8O4/c1-41-21-36-40-32(41)22-3-7-27(8-4-22)38-33(45)29(39-34(46)30-11-12-37-42(30)2)19-25-17-23(5-9-28(25)35)24-6-10-31(44)26(18-24)20-43-13-15-47-16-14-43/h3-12,17-18,21,29,44H,13-16,19-20H2,1-2H3,(H,38,45)(H,39,46). The Bertz CT molecular complexity index is 1880. The number of aromatic hydroxyl groups is 1. The number of nitrogens with one attached hydrogen (secondary N) is 2. The molecule has 6 rings (SSSR count). The molecule has 3 N–H and O–H groups in total. The van der Waals surface area contributed by atoms with Crippen molar-refractivity contribution >= 4 is 29.1 Å². The lowest BCUT2D eigenvalue weighted by atomic mass is 9.97. The molecule has 2 amide bonds. The summed E-state index contributed by atoms with van der Waals surface area (Å²) in [6.07, 6.45) is 3.26. The van der Waals surface area contributed by atoms with Crippen LogP contribution in [0.4, 0.5) is 5.69 Å². The predicted molar refractivity (Wildman–Crippen MR) is 178 cm³/mol. The number of amides is 2. The summed E-state index contributed by atoms with van der Waals surface area (Å²) in [5.41, 5.74) is 4.96. The maximum Gasteiger partial charge on any atom is 0.270 e. The third-order valence-electron chi connectivity index (χ3n) is 8.18. The van der Waals surface area contributed by atoms with Crippen LogP contribution in [0, 0.1) is 0 Å². The van der Waals surface area contributed by atoms with E-state index in [0.717, 1.165) is 35.3 Å². The number of halogens is 1. The number of phenols is 1. The number of benzene rings is 3. The van der Waals surface area contributed by atoms with Crippen molar-refractivity contribution in [3.63, 3.8) is 0 Å². The number of aryl methyl sites for hydroxylation is 2. The molecule has 1 unspecified atom stereocenters. The van der Waals surface area contributed by atoms with Gasteiger partial charge in [0, 0.05) is 68.2 Å². The number of anilines is 1. The van der Waals surface area contributed by atoms with Crippen molar-refractivity contribution in [3.05, 3.63) is 101 Å². The van der Waals surface area contributed by atoms with Crippen molar-refractivity contribution in [3.8, 4) is 28.3 Å². The molecule has 47 heavy (non-hydrogen) atoms. The molecule has 1 atom stereocenters. The average molecular weight is 655 g/mol. The van der Waals surface area contributed by atoms with E-state index in [1.54, 1.807) is 48.3 Å². The SMILES string of the molecule is Cn1cnnc1-c1ccc(NC(=O)C(Cc2cc(-c3ccc(O)c(CN4CCOCC4)c3)ccc2Cl)NC(=O)c2ccnn2C)cc1. The van der Waals surface area contributed by atoms with Gasteiger partial charge in [0.05, 0.1) is 13.2 Å². The zero-order valence-electron chi connectivity index (χ0n) is 26.1. The Kier molecular flexibility index (Phi) is 9.62. The van der Waals surface area contributed by atoms with E-state index in [9.17, 15) is 14.7 Å². The Hall–Kier alpha value is -5.04. The average Bonchev–Trinajstić information content (AvgIpc) is 3.71. The van der Waals surface area contributed by atoms with Crippen LogP contribution in [0.2, 0.25) is 5.02 Å². The third-order valence-corrected chi connectivity index (χ3v) is 8.55. The molecule has 0 spiro atoms. The van der Waals surface area contributed by atoms with Crippen LogP contribution in [0.25, 0.3) is 22.5 Å². The number of aromatic nitrogens is 5. The molecule has 3 aromatic carbocycles. The van der Waals surface area contributed by atoms with Crippen LogP contribution in [0.3, 0.4) is 0 Å². The molecule has 0 bridgehead atoms. The molecule has 0 radical (unpaired) electrons. The molecule has 12 nitrogen and oxygen atoms in total. The van der Waals surface area contributed by atoms with Gasteiger partial charge < -0.3 is 25.0 Å². The molecule has 1 fully saturated rings. The molecule has 2 aromatic heterocycles. The zero-order valence-corrected chi connectivity index (χ0v) is 26.8. The highest BCUT2D eigenvalue weighted by molar-refractivity contribution is 6.31. The van der Waals surface area contributed by atoms with Gasteiger partial charge in [0.1, 0.15) is 23.8 Å². The number of phenolic OH excluding ortho intramolecular Hbond substituents is 1. The second-order valence-electron chi connectivity index (χ2n) is 11.4. The van der Waals surface area contributed by atoms with Gasteiger partial charge in [-0.15, -0.1) is 10.2 Å². The van der Waals surface area contributed by atoms with Gasteiger partial charge in [-0.2, -0.15) is 5.10 Å². The van der Waals surface area contributed by atoms with E-state index in [-0.39, 0.29) is 12.2 Å². The number of nitrogens with zero attached hydrogens (tertiary/aromatic N) is 6. The van der Waals surface area contributed by atoms with Crippen molar-refractivity contribution in [2.24, 2.45) is 14.1 Å². The first kappa shape index (κ1) is 31.9. The van der Waals surface area contributed by atoms with Gasteiger partial charge >= 0.3 is 0 Å². The summed E-state index contributed by atoms with van der Waals surface area (Å²) < 4.78 is 8.71. The molecule has 13 heteroatoms. The highest BCUT2D eigenvalue weighted by Crippen LogP contribution is 2.31. The maximum absolute atomic E-state index is 13.8. The molecule has 0 saturated carbocycles. The van der Waals surface area contributed by atoms with E-state index >= 15 is 0 Å². The minimum absolute atomic E-state index is 0.123. The molecule has 3 heterocycles. The molecule has 1 saturated heterocycles. The van der Waals surface area contributed by atoms with E-state index in [2.05, 4.69) is 30.8 Å². The summed E-state index contributed by atoms with van der Waals surface area (Å²) in [6.45, 7) is 3.54. The lowest BCUT2D eigenvalue weighted by Crippen LogP contribution is -2.45. The number of morpholine rings is 1. The normalized spacial score (nSPS) is 14.1. The van der Waals surface area contributed by atoms with E-state index in [0.29, 0.717) is 47.6 Å². The highest BCUT2D eigenvalue weighted by Gasteiger charge is 2.25. The van der Waals surface area contributed by atoms with Crippen molar-refractivity contribution in [1.29, 1.82) is 0 Å². The largest absolute Gasteiger partial charge is 0.508 e. The highest BCUT2D eigenvalue weighted by atomic mass is 35.5. The molecule has 0 aliphatic carbocycles. The first-order valence-electron chi connectivity index (χ1n) is 15.2. The van der Waals surface area contributed by atoms with E-state index < -0.39 is 17.9 Å². The second kappa shape index (κ2) is 14.2. The van der Waals surface area contributed by atoms with Crippen molar-refractivity contribution in [2.75, 3.05) is 31.6 Å². The van der Waals surface area contributed by atoms with Crippen molar-refractivity contribution in [2.45, 2.75) is 19.0 Å². The minimum atomic E-state index is -0.972. The quantitative estimate of drug-likeness (QED) is 0.205. The number of hydrogen-bond donors (Lipinski definition) is 3. The van der Waals surface area contributed by atoms with E-state index in [1.165, 1.54) is 10.9 Å². The van der Waals surface area contributed by atoms with Gasteiger partial charge in [0.2, 0.25) is 5.91 Å². The van der Waals surface area contributed by atoms with Crippen molar-refractivity contribution in [1.82, 2.24) is 34.8 Å². The fourth-order valence-corrected chi connectivity index (χ4v) is 5.73. The zero-order chi connectivity index (χ0) is 32.9. The van der Waals surface area contributed by atoms with Crippen LogP contribution < -0.4 is 10.6 Å². The minimum Gasteiger partial charge on any atom is -0.508 e. The molecular formula is C34H35ClN8O4. The fourth-order valence-electron chi connectivity index (χ4n) is 5.54. The molecule has 1 aliphatic rings. The lowest BCUT2D eigenvalue weighted by molar-refractivity contribution is -0.118. The number of rotatable bonds is 10. The van der Waals surface area contributed by atoms with E-state index in [1.807, 2.05) is 43.4 Å². The smallest absolute Gasteiger partial charge is 0.270 e. The predicted octanol–water partition coefficient (Wildman–Crippen LogP) is 4.05. The Morgan fingerprint density at radius 1 is 0.957 bits per heavy atom. The number of carbonyl (C=O) groups excluding carboxylic acids is 2. The molecular weight excluding hydrogens is 620 g/mol. The van der Waals surface area contributed by atoms with Crippen LogP contribution in [0.15, 0.2) is 79.3 Å². The van der Waals surface area contributed by atoms with Crippen LogP contribution >= 0.6 is 11.6 Å². The number of hydrogen-bond acceptors (Lipinski definition) is 8. The fraction of sp³-hybridized carbons (Fsp3) is 0.265. The van der Waals surface area contributed by atoms with Gasteiger partial charge in [-0.05, 0) is 71.3 Å². The molecule has 1 aliphatic heterocycles. The Morgan fingerprint density at radius 2 is 1.66 bits per heavy atom. The topological polar surface area (TPSA) is 139 Å². The van der Waals surface area contributed by atoms with Gasteiger partial charge in [0.25, 0.3) is 5.91 Å². The summed E-state index contributed by atoms with van der Waals surface area (Å²) in [6, 6.07) is 19.0. The van der Waals surface area contributed by atoms with Crippen LogP contribution in [0.5, 0.6) is 5.75 Å². The maximum atomic E-state index is 13.8. The Balaban J connectivity index is 1.24. The van der Waals surface area contributed by atoms with E-state index in [4.69, 9.17) is 16.3 Å². The first-order valence-corrected chi connectivity index (χ1v) is 15.6. The Morgan fingerprint density at radius 3 is 2.34 bits per heavy atom. The number of ether oxygens (including phenoxy) is 1. The van der Waals surface area contributed by atoms with Crippen LogP contribution in [-0.4, -0.2) is 78.7 Å². The lowest BCUT2D eigenvalue weighted by Gasteiger charge is -2.27. The van der Waals surface area contributed by atoms with Gasteiger partial charge in [0.15, 0.2) is 5.82 Å². The second-order valence-corrected chi connectivity index (χ2v) is 11.8. The summed E-state index contributed by atoms with van der Waals surface area (Å²) in [5.74, 6) is 0.0707. The van der Waals surface area contributed by atoms with Crippen LogP contribution in [-0.2, 0) is 36.6 Å².